The molecule has 3 heteroatoms. The molecular weight excluding hydrogens is 314 g/mol. The minimum absolute atomic E-state index is 0.285. The summed E-state index contributed by atoms with van der Waals surface area (Å²) < 4.78 is 1.04. The molecule has 0 aliphatic carbocycles. The van der Waals surface area contributed by atoms with E-state index in [1.165, 1.54) is 32.1 Å². The number of phenols is 1. The van der Waals surface area contributed by atoms with E-state index < -0.39 is 0 Å². The van der Waals surface area contributed by atoms with Crippen molar-refractivity contribution in [1.29, 1.82) is 0 Å². The number of benzene rings is 1. The van der Waals surface area contributed by atoms with E-state index in [4.69, 9.17) is 0 Å². The number of hydrogen-bond acceptors (Lipinski definition) is 2. The van der Waals surface area contributed by atoms with Crippen molar-refractivity contribution in [2.75, 3.05) is 13.1 Å². The zero-order valence-electron chi connectivity index (χ0n) is 12.6. The van der Waals surface area contributed by atoms with Crippen LogP contribution >= 0.6 is 15.9 Å². The van der Waals surface area contributed by atoms with E-state index in [-0.39, 0.29) is 6.04 Å². The summed E-state index contributed by atoms with van der Waals surface area (Å²) in [4.78, 5) is 2.52. The SMILES string of the molecule is CCCC1CCCN(C(C)c2cc(Br)ccc2O)CC1. The molecule has 2 atom stereocenters. The quantitative estimate of drug-likeness (QED) is 0.822. The highest BCUT2D eigenvalue weighted by Gasteiger charge is 2.22. The molecule has 112 valence electrons. The molecule has 1 fully saturated rings. The van der Waals surface area contributed by atoms with Crippen LogP contribution in [0.25, 0.3) is 0 Å². The predicted octanol–water partition coefficient (Wildman–Crippen LogP) is 5.12. The van der Waals surface area contributed by atoms with E-state index in [1.54, 1.807) is 6.07 Å². The first-order valence-corrected chi connectivity index (χ1v) is 8.63. The van der Waals surface area contributed by atoms with Crippen LogP contribution in [0.2, 0.25) is 0 Å². The minimum atomic E-state index is 0.285. The van der Waals surface area contributed by atoms with Gasteiger partial charge in [0.05, 0.1) is 0 Å². The van der Waals surface area contributed by atoms with Crippen LogP contribution in [0.1, 0.15) is 57.6 Å². The maximum Gasteiger partial charge on any atom is 0.120 e. The molecule has 0 amide bonds. The molecule has 1 N–H and O–H groups in total. The lowest BCUT2D eigenvalue weighted by Gasteiger charge is -2.28. The monoisotopic (exact) mass is 339 g/mol. The van der Waals surface area contributed by atoms with E-state index >= 15 is 0 Å². The van der Waals surface area contributed by atoms with E-state index in [2.05, 4.69) is 40.7 Å². The van der Waals surface area contributed by atoms with Gasteiger partial charge in [-0.1, -0.05) is 35.7 Å². The Bertz CT molecular complexity index is 435. The van der Waals surface area contributed by atoms with Gasteiger partial charge in [0.2, 0.25) is 0 Å². The number of nitrogens with zero attached hydrogens (tertiary/aromatic N) is 1. The summed E-state index contributed by atoms with van der Waals surface area (Å²) in [7, 11) is 0. The van der Waals surface area contributed by atoms with Crippen LogP contribution in [0.3, 0.4) is 0 Å². The van der Waals surface area contributed by atoms with Crippen molar-refractivity contribution >= 4 is 15.9 Å². The molecule has 1 aromatic carbocycles. The van der Waals surface area contributed by atoms with Crippen LogP contribution in [0, 0.1) is 5.92 Å². The average molecular weight is 340 g/mol. The molecule has 0 aromatic heterocycles. The molecule has 2 nitrogen and oxygen atoms in total. The lowest BCUT2D eigenvalue weighted by molar-refractivity contribution is 0.212. The first-order valence-electron chi connectivity index (χ1n) is 7.84. The second kappa shape index (κ2) is 7.46. The third-order valence-electron chi connectivity index (χ3n) is 4.57. The normalized spacial score (nSPS) is 22.4. The van der Waals surface area contributed by atoms with Gasteiger partial charge in [-0.15, -0.1) is 0 Å². The van der Waals surface area contributed by atoms with Crippen molar-refractivity contribution in [3.05, 3.63) is 28.2 Å². The Hall–Kier alpha value is -0.540. The van der Waals surface area contributed by atoms with Gasteiger partial charge in [0.25, 0.3) is 0 Å². The minimum Gasteiger partial charge on any atom is -0.508 e. The van der Waals surface area contributed by atoms with Gasteiger partial charge in [-0.2, -0.15) is 0 Å². The zero-order valence-corrected chi connectivity index (χ0v) is 14.2. The summed E-state index contributed by atoms with van der Waals surface area (Å²) in [6.07, 6.45) is 6.61. The number of phenolic OH excluding ortho intramolecular Hbond substituents is 1. The molecule has 0 radical (unpaired) electrons. The van der Waals surface area contributed by atoms with Crippen molar-refractivity contribution in [2.45, 2.75) is 52.0 Å². The Morgan fingerprint density at radius 1 is 1.35 bits per heavy atom. The molecule has 0 bridgehead atoms. The lowest BCUT2D eigenvalue weighted by atomic mass is 9.96. The topological polar surface area (TPSA) is 23.5 Å². The molecule has 1 aromatic rings. The Morgan fingerprint density at radius 2 is 2.15 bits per heavy atom. The van der Waals surface area contributed by atoms with Gasteiger partial charge in [-0.25, -0.2) is 0 Å². The third-order valence-corrected chi connectivity index (χ3v) is 5.06. The second-order valence-corrected chi connectivity index (χ2v) is 6.92. The van der Waals surface area contributed by atoms with Gasteiger partial charge in [0, 0.05) is 16.1 Å². The number of aromatic hydroxyl groups is 1. The van der Waals surface area contributed by atoms with Crippen LogP contribution in [-0.2, 0) is 0 Å². The highest BCUT2D eigenvalue weighted by atomic mass is 79.9. The van der Waals surface area contributed by atoms with Gasteiger partial charge in [-0.3, -0.25) is 4.90 Å². The lowest BCUT2D eigenvalue weighted by Crippen LogP contribution is -2.28. The van der Waals surface area contributed by atoms with Crippen molar-refractivity contribution in [2.24, 2.45) is 5.92 Å². The average Bonchev–Trinajstić information content (AvgIpc) is 2.67. The highest BCUT2D eigenvalue weighted by molar-refractivity contribution is 9.10. The van der Waals surface area contributed by atoms with E-state index in [9.17, 15) is 5.11 Å². The van der Waals surface area contributed by atoms with Crippen LogP contribution in [0.4, 0.5) is 0 Å². The highest BCUT2D eigenvalue weighted by Crippen LogP contribution is 2.33. The van der Waals surface area contributed by atoms with Gasteiger partial charge >= 0.3 is 0 Å². The fourth-order valence-electron chi connectivity index (χ4n) is 3.33. The van der Waals surface area contributed by atoms with E-state index in [1.807, 2.05) is 6.07 Å². The van der Waals surface area contributed by atoms with E-state index in [0.717, 1.165) is 29.0 Å². The molecular formula is C17H26BrNO. The Kier molecular flexibility index (Phi) is 5.91. The molecule has 1 aliphatic rings. The molecule has 0 saturated carbocycles. The van der Waals surface area contributed by atoms with Crippen molar-refractivity contribution in [3.63, 3.8) is 0 Å². The third kappa shape index (κ3) is 3.98. The zero-order chi connectivity index (χ0) is 14.5. The maximum atomic E-state index is 10.1. The summed E-state index contributed by atoms with van der Waals surface area (Å²) in [5.74, 6) is 1.31. The molecule has 2 unspecified atom stereocenters. The van der Waals surface area contributed by atoms with E-state index in [0.29, 0.717) is 5.75 Å². The Morgan fingerprint density at radius 3 is 2.90 bits per heavy atom. The molecule has 1 aliphatic heterocycles. The van der Waals surface area contributed by atoms with Crippen LogP contribution < -0.4 is 0 Å². The summed E-state index contributed by atoms with van der Waals surface area (Å²) in [6, 6.07) is 6.01. The smallest absolute Gasteiger partial charge is 0.120 e. The Balaban J connectivity index is 2.05. The van der Waals surface area contributed by atoms with Crippen molar-refractivity contribution < 1.29 is 5.11 Å². The van der Waals surface area contributed by atoms with Crippen molar-refractivity contribution in [1.82, 2.24) is 4.90 Å². The number of likely N-dealkylation sites (tertiary alicyclic amines) is 1. The predicted molar refractivity (Wildman–Crippen MR) is 88.0 cm³/mol. The number of rotatable bonds is 4. The first-order chi connectivity index (χ1) is 9.61. The maximum absolute atomic E-state index is 10.1. The largest absolute Gasteiger partial charge is 0.508 e. The fourth-order valence-corrected chi connectivity index (χ4v) is 3.71. The van der Waals surface area contributed by atoms with Gasteiger partial charge in [0.15, 0.2) is 0 Å². The molecule has 20 heavy (non-hydrogen) atoms. The Labute approximate surface area is 131 Å². The number of halogens is 1. The standard InChI is InChI=1S/C17H26BrNO/c1-3-5-14-6-4-10-19(11-9-14)13(2)16-12-15(18)7-8-17(16)20/h7-8,12-14,20H,3-6,9-11H2,1-2H3. The second-order valence-electron chi connectivity index (χ2n) is 6.00. The van der Waals surface area contributed by atoms with Gasteiger partial charge < -0.3 is 5.11 Å². The van der Waals surface area contributed by atoms with Gasteiger partial charge in [-0.05, 0) is 63.4 Å². The summed E-state index contributed by atoms with van der Waals surface area (Å²) in [5.41, 5.74) is 1.04. The molecule has 1 saturated heterocycles. The molecule has 0 spiro atoms. The first kappa shape index (κ1) is 15.8. The number of hydrogen-bond donors (Lipinski definition) is 1. The molecule has 2 rings (SSSR count). The summed E-state index contributed by atoms with van der Waals surface area (Å²) in [5, 5.41) is 10.1. The van der Waals surface area contributed by atoms with Crippen LogP contribution in [0.5, 0.6) is 5.75 Å². The molecule has 1 heterocycles. The fraction of sp³-hybridized carbons (Fsp3) is 0.647. The van der Waals surface area contributed by atoms with Crippen LogP contribution in [-0.4, -0.2) is 23.1 Å². The summed E-state index contributed by atoms with van der Waals surface area (Å²) in [6.45, 7) is 6.79. The van der Waals surface area contributed by atoms with Crippen molar-refractivity contribution in [3.8, 4) is 5.75 Å². The van der Waals surface area contributed by atoms with Gasteiger partial charge in [0.1, 0.15) is 5.75 Å². The van der Waals surface area contributed by atoms with Crippen LogP contribution in [0.15, 0.2) is 22.7 Å². The summed E-state index contributed by atoms with van der Waals surface area (Å²) >= 11 is 3.50.